The lowest BCUT2D eigenvalue weighted by Crippen LogP contribution is -2.06. The van der Waals surface area contributed by atoms with Crippen LogP contribution in [0.5, 0.6) is 0 Å². The van der Waals surface area contributed by atoms with Crippen LogP contribution < -0.4 is 10.6 Å². The van der Waals surface area contributed by atoms with Crippen LogP contribution in [0.3, 0.4) is 0 Å². The van der Waals surface area contributed by atoms with Gasteiger partial charge in [-0.2, -0.15) is 0 Å². The van der Waals surface area contributed by atoms with Crippen molar-refractivity contribution in [1.82, 2.24) is 0 Å². The highest BCUT2D eigenvalue weighted by Crippen LogP contribution is 2.28. The minimum atomic E-state index is -0.534. The topological polar surface area (TPSA) is 131 Å². The lowest BCUT2D eigenvalue weighted by atomic mass is 10.1. The molecule has 9 heteroatoms. The van der Waals surface area contributed by atoms with Gasteiger partial charge in [0, 0.05) is 19.2 Å². The van der Waals surface area contributed by atoms with Gasteiger partial charge in [-0.3, -0.25) is 20.2 Å². The van der Waals surface area contributed by atoms with Crippen molar-refractivity contribution in [2.45, 2.75) is 6.61 Å². The Kier molecular flexibility index (Phi) is 6.63. The summed E-state index contributed by atoms with van der Waals surface area (Å²) in [6.07, 6.45) is 3.50. The number of hydrogen-bond donors (Lipinski definition) is 3. The molecule has 0 saturated carbocycles. The van der Waals surface area contributed by atoms with Gasteiger partial charge in [0.15, 0.2) is 0 Å². The number of benzene rings is 2. The van der Waals surface area contributed by atoms with Crippen molar-refractivity contribution < 1.29 is 15.0 Å². The van der Waals surface area contributed by atoms with Crippen molar-refractivity contribution in [1.29, 1.82) is 0 Å². The van der Waals surface area contributed by atoms with E-state index < -0.39 is 16.5 Å². The van der Waals surface area contributed by atoms with Crippen LogP contribution in [0.1, 0.15) is 5.56 Å². The third-order valence-corrected chi connectivity index (χ3v) is 3.56. The molecule has 0 atom stereocenters. The van der Waals surface area contributed by atoms with Gasteiger partial charge in [-0.05, 0) is 18.2 Å². The number of rotatable bonds is 9. The number of nitrogens with one attached hydrogen (secondary N) is 2. The van der Waals surface area contributed by atoms with Gasteiger partial charge in [-0.15, -0.1) is 0 Å². The van der Waals surface area contributed by atoms with Gasteiger partial charge in [0.05, 0.1) is 22.0 Å². The van der Waals surface area contributed by atoms with E-state index in [1.165, 1.54) is 12.1 Å². The van der Waals surface area contributed by atoms with Gasteiger partial charge < -0.3 is 15.7 Å². The van der Waals surface area contributed by atoms with Gasteiger partial charge in [0.25, 0.3) is 11.4 Å². The quantitative estimate of drug-likeness (QED) is 0.357. The zero-order valence-electron chi connectivity index (χ0n) is 13.8. The lowest BCUT2D eigenvalue weighted by molar-refractivity contribution is -0.384. The van der Waals surface area contributed by atoms with Crippen molar-refractivity contribution in [3.05, 3.63) is 80.4 Å². The second kappa shape index (κ2) is 9.14. The molecule has 9 nitrogen and oxygen atoms in total. The van der Waals surface area contributed by atoms with Crippen LogP contribution in [-0.2, 0) is 6.61 Å². The normalized spacial score (nSPS) is 10.7. The van der Waals surface area contributed by atoms with Crippen LogP contribution in [0.2, 0.25) is 0 Å². The summed E-state index contributed by atoms with van der Waals surface area (Å²) in [5.74, 6) is 0. The maximum atomic E-state index is 11.2. The van der Waals surface area contributed by atoms with E-state index in [9.17, 15) is 25.3 Å². The highest BCUT2D eigenvalue weighted by molar-refractivity contribution is 5.65. The van der Waals surface area contributed by atoms with Crippen LogP contribution in [0.4, 0.5) is 22.7 Å². The molecular weight excluding hydrogens is 340 g/mol. The maximum Gasteiger partial charge on any atom is 0.297 e. The average molecular weight is 358 g/mol. The fourth-order valence-corrected chi connectivity index (χ4v) is 2.36. The second-order valence-electron chi connectivity index (χ2n) is 5.24. The number of aliphatic hydroxyl groups excluding tert-OH is 1. The summed E-state index contributed by atoms with van der Waals surface area (Å²) < 4.78 is 0. The summed E-state index contributed by atoms with van der Waals surface area (Å²) in [6, 6.07) is 11.0. The zero-order valence-corrected chi connectivity index (χ0v) is 13.8. The predicted octanol–water partition coefficient (Wildman–Crippen LogP) is 3.08. The van der Waals surface area contributed by atoms with Crippen molar-refractivity contribution >= 4 is 22.7 Å². The van der Waals surface area contributed by atoms with Crippen molar-refractivity contribution in [3.63, 3.8) is 0 Å². The second-order valence-corrected chi connectivity index (χ2v) is 5.24. The predicted molar refractivity (Wildman–Crippen MR) is 98.2 cm³/mol. The maximum absolute atomic E-state index is 11.2. The Morgan fingerprint density at radius 3 is 2.12 bits per heavy atom. The minimum Gasteiger partial charge on any atom is -0.391 e. The van der Waals surface area contributed by atoms with Crippen LogP contribution >= 0.6 is 0 Å². The highest BCUT2D eigenvalue weighted by atomic mass is 16.6. The highest BCUT2D eigenvalue weighted by Gasteiger charge is 2.18. The molecule has 0 aliphatic carbocycles. The first-order chi connectivity index (χ1) is 12.5. The summed E-state index contributed by atoms with van der Waals surface area (Å²) in [5, 5.41) is 37.1. The molecule has 0 aromatic heterocycles. The lowest BCUT2D eigenvalue weighted by Gasteiger charge is -2.07. The molecule has 3 N–H and O–H groups in total. The average Bonchev–Trinajstić information content (AvgIpc) is 2.64. The molecule has 0 unspecified atom stereocenters. The molecule has 0 aliphatic rings. The molecule has 136 valence electrons. The number of aliphatic hydroxyl groups is 1. The third kappa shape index (κ3) is 4.77. The Morgan fingerprint density at radius 2 is 1.50 bits per heavy atom. The molecule has 0 saturated heterocycles. The van der Waals surface area contributed by atoms with Crippen LogP contribution in [-0.4, -0.2) is 28.0 Å². The summed E-state index contributed by atoms with van der Waals surface area (Å²) in [6.45, 7) is 0.279. The number of anilines is 2. The van der Waals surface area contributed by atoms with Crippen LogP contribution in [0.15, 0.2) is 54.6 Å². The Labute approximate surface area is 149 Å². The Morgan fingerprint density at radius 1 is 0.885 bits per heavy atom. The smallest absolute Gasteiger partial charge is 0.297 e. The molecule has 0 spiro atoms. The first-order valence-electron chi connectivity index (χ1n) is 7.78. The van der Waals surface area contributed by atoms with E-state index in [1.807, 2.05) is 0 Å². The third-order valence-electron chi connectivity index (χ3n) is 3.56. The molecule has 2 aromatic rings. The van der Waals surface area contributed by atoms with Crippen LogP contribution in [0.25, 0.3) is 0 Å². The summed E-state index contributed by atoms with van der Waals surface area (Å²) in [7, 11) is 0. The van der Waals surface area contributed by atoms with Crippen molar-refractivity contribution in [3.8, 4) is 0 Å². The molecule has 0 bridgehead atoms. The fraction of sp³-hybridized carbons (Fsp3) is 0.176. The monoisotopic (exact) mass is 358 g/mol. The summed E-state index contributed by atoms with van der Waals surface area (Å²) >= 11 is 0. The number of nitro benzene ring substituents is 2. The van der Waals surface area contributed by atoms with Gasteiger partial charge in [-0.25, -0.2) is 0 Å². The van der Waals surface area contributed by atoms with Gasteiger partial charge in [-0.1, -0.05) is 30.4 Å². The Hall–Kier alpha value is -3.46. The molecule has 0 radical (unpaired) electrons. The van der Waals surface area contributed by atoms with E-state index in [2.05, 4.69) is 10.6 Å². The fourth-order valence-electron chi connectivity index (χ4n) is 2.36. The van der Waals surface area contributed by atoms with E-state index in [0.717, 1.165) is 0 Å². The number of nitrogens with zero attached hydrogens (tertiary/aromatic N) is 2. The number of para-hydroxylation sites is 3. The van der Waals surface area contributed by atoms with Gasteiger partial charge >= 0.3 is 0 Å². The number of nitro groups is 2. The van der Waals surface area contributed by atoms with E-state index in [4.69, 9.17) is 0 Å². The Balaban J connectivity index is 1.91. The van der Waals surface area contributed by atoms with E-state index in [1.54, 1.807) is 42.5 Å². The summed E-state index contributed by atoms with van der Waals surface area (Å²) in [4.78, 5) is 21.1. The number of hydrogen-bond acceptors (Lipinski definition) is 7. The zero-order chi connectivity index (χ0) is 18.9. The van der Waals surface area contributed by atoms with E-state index >= 15 is 0 Å². The molecule has 0 heterocycles. The van der Waals surface area contributed by atoms with Gasteiger partial charge in [0.2, 0.25) is 0 Å². The SMILES string of the molecule is O=[N+]([O-])c1ccccc1NC/C=C/CNc1cccc(CO)c1[N+](=O)[O-]. The molecule has 0 aliphatic heterocycles. The van der Waals surface area contributed by atoms with E-state index in [-0.39, 0.29) is 16.9 Å². The van der Waals surface area contributed by atoms with E-state index in [0.29, 0.717) is 24.5 Å². The van der Waals surface area contributed by atoms with Gasteiger partial charge in [0.1, 0.15) is 11.4 Å². The van der Waals surface area contributed by atoms with Crippen LogP contribution in [0, 0.1) is 20.2 Å². The first kappa shape index (κ1) is 18.9. The standard InChI is InChI=1S/C17H18N4O5/c22-12-13-6-5-8-15(17(13)21(25)26)19-11-4-3-10-18-14-7-1-2-9-16(14)20(23)24/h1-9,18-19,22H,10-12H2/b4-3+. The molecule has 0 amide bonds. The summed E-state index contributed by atoms with van der Waals surface area (Å²) in [5.41, 5.74) is 0.818. The largest absolute Gasteiger partial charge is 0.391 e. The molecule has 2 aromatic carbocycles. The first-order valence-corrected chi connectivity index (χ1v) is 7.78. The van der Waals surface area contributed by atoms with Crippen molar-refractivity contribution in [2.75, 3.05) is 23.7 Å². The Bertz CT molecular complexity index is 823. The molecule has 26 heavy (non-hydrogen) atoms. The minimum absolute atomic E-state index is 0.00420. The molecule has 2 rings (SSSR count). The van der Waals surface area contributed by atoms with Crippen molar-refractivity contribution in [2.24, 2.45) is 0 Å². The molecular formula is C17H18N4O5. The molecule has 0 fully saturated rings.